The van der Waals surface area contributed by atoms with Crippen molar-refractivity contribution in [2.45, 2.75) is 28.5 Å². The van der Waals surface area contributed by atoms with E-state index in [1.165, 1.54) is 55.6 Å². The van der Waals surface area contributed by atoms with Crippen LogP contribution in [-0.2, 0) is 19.7 Å². The molecule has 0 spiro atoms. The molecule has 4 aromatic rings. The number of ether oxygens (including phenoxy) is 1. The van der Waals surface area contributed by atoms with E-state index in [4.69, 9.17) is 4.74 Å². The summed E-state index contributed by atoms with van der Waals surface area (Å²) in [6.45, 7) is 5.53. The van der Waals surface area contributed by atoms with Gasteiger partial charge in [-0.3, -0.25) is 4.79 Å². The third-order valence-electron chi connectivity index (χ3n) is 7.34. The van der Waals surface area contributed by atoms with Crippen LogP contribution >= 0.6 is 0 Å². The summed E-state index contributed by atoms with van der Waals surface area (Å²) in [5.41, 5.74) is 0.349. The molecule has 0 saturated carbocycles. The average Bonchev–Trinajstić information content (AvgIpc) is 3.04. The third-order valence-corrected chi connectivity index (χ3v) is 10.9. The lowest BCUT2D eigenvalue weighted by Crippen LogP contribution is -2.25. The minimum absolute atomic E-state index is 0.102. The number of fused-ring (bicyclic) bond motifs is 1. The summed E-state index contributed by atoms with van der Waals surface area (Å²) < 4.78 is 61.0. The summed E-state index contributed by atoms with van der Waals surface area (Å²) in [6, 6.07) is 22.4. The molecule has 11 heteroatoms. The summed E-state index contributed by atoms with van der Waals surface area (Å²) in [4.78, 5) is 19.5. The smallest absolute Gasteiger partial charge is 0.210 e. The number of allylic oxidation sites excluding steroid dienone is 2. The Hall–Kier alpha value is -4.74. The van der Waals surface area contributed by atoms with Gasteiger partial charge in [0.1, 0.15) is 22.1 Å². The lowest BCUT2D eigenvalue weighted by Gasteiger charge is -2.23. The molecule has 0 radical (unpaired) electrons. The average molecular weight is 631 g/mol. The molecule has 5 rings (SSSR count). The van der Waals surface area contributed by atoms with Gasteiger partial charge in [0, 0.05) is 24.8 Å². The van der Waals surface area contributed by atoms with E-state index in [9.17, 15) is 26.7 Å². The largest absolute Gasteiger partial charge is 0.507 e. The number of benzene rings is 4. The van der Waals surface area contributed by atoms with E-state index in [0.29, 0.717) is 5.75 Å². The van der Waals surface area contributed by atoms with Crippen molar-refractivity contribution in [3.63, 3.8) is 0 Å². The van der Waals surface area contributed by atoms with Gasteiger partial charge in [-0.05, 0) is 68.5 Å². The predicted octanol–water partition coefficient (Wildman–Crippen LogP) is 5.75. The number of carbonyl (C=O) groups is 1. The van der Waals surface area contributed by atoms with Gasteiger partial charge in [-0.15, -0.1) is 0 Å². The monoisotopic (exact) mass is 630 g/mol. The van der Waals surface area contributed by atoms with Crippen LogP contribution in [0.25, 0.3) is 0 Å². The van der Waals surface area contributed by atoms with E-state index >= 15 is 0 Å². The fourth-order valence-electron chi connectivity index (χ4n) is 5.08. The Bertz CT molecular complexity index is 2020. The number of methoxy groups -OCH3 is 1. The second-order valence-electron chi connectivity index (χ2n) is 9.83. The van der Waals surface area contributed by atoms with E-state index in [0.717, 1.165) is 37.0 Å². The number of phenols is 1. The van der Waals surface area contributed by atoms with Gasteiger partial charge >= 0.3 is 0 Å². The summed E-state index contributed by atoms with van der Waals surface area (Å²) in [6.07, 6.45) is 1.07. The summed E-state index contributed by atoms with van der Waals surface area (Å²) in [7, 11) is -7.31. The van der Waals surface area contributed by atoms with Crippen LogP contribution in [0.15, 0.2) is 122 Å². The number of ketones is 1. The zero-order valence-corrected chi connectivity index (χ0v) is 25.9. The van der Waals surface area contributed by atoms with Crippen LogP contribution in [0.3, 0.4) is 0 Å². The van der Waals surface area contributed by atoms with Gasteiger partial charge in [-0.1, -0.05) is 36.4 Å². The van der Waals surface area contributed by atoms with Crippen molar-refractivity contribution in [1.29, 1.82) is 0 Å². The van der Waals surface area contributed by atoms with E-state index < -0.39 is 46.6 Å². The van der Waals surface area contributed by atoms with Crippen molar-refractivity contribution < 1.29 is 31.5 Å². The van der Waals surface area contributed by atoms with Gasteiger partial charge < -0.3 is 14.7 Å². The molecular formula is C33H30N2O7S2. The molecule has 0 aliphatic heterocycles. The zero-order valence-electron chi connectivity index (χ0n) is 24.3. The van der Waals surface area contributed by atoms with E-state index in [2.05, 4.69) is 9.89 Å². The predicted molar refractivity (Wildman–Crippen MR) is 169 cm³/mol. The first kappa shape index (κ1) is 30.7. The van der Waals surface area contributed by atoms with E-state index in [-0.39, 0.29) is 26.8 Å². The quantitative estimate of drug-likeness (QED) is 0.247. The number of rotatable bonds is 9. The molecule has 1 aliphatic rings. The highest BCUT2D eigenvalue weighted by Crippen LogP contribution is 2.40. The Labute approximate surface area is 256 Å². The minimum Gasteiger partial charge on any atom is -0.507 e. The molecule has 9 nitrogen and oxygen atoms in total. The number of phenolic OH excluding ortho intramolecular Hbond substituents is 1. The number of sulfone groups is 2. The lowest BCUT2D eigenvalue weighted by atomic mass is 9.93. The zero-order chi connectivity index (χ0) is 31.6. The van der Waals surface area contributed by atoms with Gasteiger partial charge in [0.05, 0.1) is 38.6 Å². The SMILES string of the molecule is CCN(CC)c1ccc(N=C2C=C(S(=O)(=O)c3ccccc3)C(=O)c3c(S(=O)(=O)c4ccccc4)ccc(O)c32)c(OC)c1. The highest BCUT2D eigenvalue weighted by molar-refractivity contribution is 7.96. The van der Waals surface area contributed by atoms with Crippen LogP contribution < -0.4 is 9.64 Å². The molecule has 0 unspecified atom stereocenters. The Morgan fingerprint density at radius 3 is 1.93 bits per heavy atom. The maximum Gasteiger partial charge on any atom is 0.210 e. The Kier molecular flexibility index (Phi) is 8.44. The van der Waals surface area contributed by atoms with Crippen molar-refractivity contribution in [1.82, 2.24) is 0 Å². The normalized spacial score (nSPS) is 14.2. The molecule has 0 aromatic heterocycles. The Morgan fingerprint density at radius 1 is 0.773 bits per heavy atom. The van der Waals surface area contributed by atoms with Crippen LogP contribution in [0, 0.1) is 0 Å². The first-order chi connectivity index (χ1) is 21.0. The molecule has 0 amide bonds. The molecule has 0 saturated heterocycles. The number of Topliss-reactive ketones (excluding diaryl/α,β-unsaturated/α-hetero) is 1. The van der Waals surface area contributed by atoms with Crippen LogP contribution in [0.1, 0.15) is 29.8 Å². The maximum absolute atomic E-state index is 14.1. The van der Waals surface area contributed by atoms with Crippen LogP contribution in [0.5, 0.6) is 11.5 Å². The van der Waals surface area contributed by atoms with Gasteiger partial charge in [0.25, 0.3) is 0 Å². The summed E-state index contributed by atoms with van der Waals surface area (Å²) >= 11 is 0. The summed E-state index contributed by atoms with van der Waals surface area (Å²) in [5.74, 6) is -1.16. The second kappa shape index (κ2) is 12.1. The van der Waals surface area contributed by atoms with Crippen LogP contribution in [0.2, 0.25) is 0 Å². The fourth-order valence-corrected chi connectivity index (χ4v) is 7.94. The van der Waals surface area contributed by atoms with E-state index in [1.807, 2.05) is 19.9 Å². The lowest BCUT2D eigenvalue weighted by molar-refractivity contribution is 0.103. The highest BCUT2D eigenvalue weighted by Gasteiger charge is 2.39. The van der Waals surface area contributed by atoms with Crippen LogP contribution in [-0.4, -0.2) is 53.6 Å². The molecule has 1 aliphatic carbocycles. The van der Waals surface area contributed by atoms with Crippen molar-refractivity contribution in [2.24, 2.45) is 4.99 Å². The molecule has 0 fully saturated rings. The van der Waals surface area contributed by atoms with Gasteiger partial charge in [-0.25, -0.2) is 21.8 Å². The summed E-state index contributed by atoms with van der Waals surface area (Å²) in [5, 5.41) is 11.1. The molecule has 4 aromatic carbocycles. The number of anilines is 1. The molecule has 0 atom stereocenters. The molecule has 44 heavy (non-hydrogen) atoms. The molecule has 226 valence electrons. The maximum atomic E-state index is 14.1. The number of aromatic hydroxyl groups is 1. The standard InChI is InChI=1S/C33H30N2O7S2/c1-4-35(5-2)22-16-17-25(28(20-22)42-3)34-26-21-30(44(40,41)24-14-10-7-11-15-24)33(37)32-29(19-18-27(36)31(26)32)43(38,39)23-12-8-6-9-13-23/h6-21,36H,4-5H2,1-3H3. The third kappa shape index (κ3) is 5.40. The van der Waals surface area contributed by atoms with Crippen LogP contribution in [0.4, 0.5) is 11.4 Å². The van der Waals surface area contributed by atoms with Gasteiger partial charge in [-0.2, -0.15) is 0 Å². The topological polar surface area (TPSA) is 130 Å². The van der Waals surface area contributed by atoms with Gasteiger partial charge in [0.15, 0.2) is 0 Å². The van der Waals surface area contributed by atoms with Crippen molar-refractivity contribution in [3.8, 4) is 11.5 Å². The number of nitrogens with zero attached hydrogens (tertiary/aromatic N) is 2. The Morgan fingerprint density at radius 2 is 1.36 bits per heavy atom. The van der Waals surface area contributed by atoms with Gasteiger partial charge in [0.2, 0.25) is 25.5 Å². The number of hydrogen-bond acceptors (Lipinski definition) is 9. The minimum atomic E-state index is -4.44. The molecular weight excluding hydrogens is 601 g/mol. The van der Waals surface area contributed by atoms with Crippen molar-refractivity contribution >= 4 is 42.5 Å². The number of hydrogen-bond donors (Lipinski definition) is 1. The number of aliphatic imine (C=N–C) groups is 1. The molecule has 1 N–H and O–H groups in total. The van der Waals surface area contributed by atoms with Crippen molar-refractivity contribution in [2.75, 3.05) is 25.1 Å². The van der Waals surface area contributed by atoms with E-state index in [1.54, 1.807) is 24.3 Å². The molecule has 0 bridgehead atoms. The Balaban J connectivity index is 1.82. The number of carbonyl (C=O) groups excluding carboxylic acids is 1. The second-order valence-corrected chi connectivity index (χ2v) is 13.7. The highest BCUT2D eigenvalue weighted by atomic mass is 32.2. The first-order valence-corrected chi connectivity index (χ1v) is 16.8. The van der Waals surface area contributed by atoms with Crippen molar-refractivity contribution in [3.05, 3.63) is 113 Å². The fraction of sp³-hybridized carbons (Fsp3) is 0.152. The molecule has 0 heterocycles. The first-order valence-electron chi connectivity index (χ1n) is 13.8.